The van der Waals surface area contributed by atoms with Crippen LogP contribution in [0.2, 0.25) is 0 Å². The summed E-state index contributed by atoms with van der Waals surface area (Å²) in [5.74, 6) is 1.24. The fourth-order valence-corrected chi connectivity index (χ4v) is 2.78. The number of fused-ring (bicyclic) bond motifs is 1. The van der Waals surface area contributed by atoms with Crippen LogP contribution in [0.5, 0.6) is 5.75 Å². The molecule has 1 aliphatic rings. The molecular formula is C15H19N3O2. The Hall–Kier alpha value is -1.88. The van der Waals surface area contributed by atoms with Gasteiger partial charge in [-0.2, -0.15) is 0 Å². The van der Waals surface area contributed by atoms with E-state index in [-0.39, 0.29) is 0 Å². The zero-order chi connectivity index (χ0) is 14.1. The molecule has 0 bridgehead atoms. The number of aliphatic hydroxyl groups excluding tert-OH is 1. The summed E-state index contributed by atoms with van der Waals surface area (Å²) in [6.07, 6.45) is 1.28. The van der Waals surface area contributed by atoms with Crippen molar-refractivity contribution in [2.24, 2.45) is 0 Å². The number of benzene rings is 1. The molecule has 1 heterocycles. The number of methoxy groups -OCH3 is 1. The van der Waals surface area contributed by atoms with Crippen molar-refractivity contribution in [1.82, 2.24) is 15.0 Å². The largest absolute Gasteiger partial charge is 0.497 e. The van der Waals surface area contributed by atoms with Gasteiger partial charge in [0.25, 0.3) is 0 Å². The van der Waals surface area contributed by atoms with Crippen LogP contribution in [-0.2, 0) is 6.54 Å². The van der Waals surface area contributed by atoms with E-state index in [0.717, 1.165) is 35.5 Å². The van der Waals surface area contributed by atoms with Crippen LogP contribution in [0.25, 0.3) is 0 Å². The van der Waals surface area contributed by atoms with Gasteiger partial charge in [-0.25, -0.2) is 4.68 Å². The number of rotatable bonds is 3. The number of hydrogen-bond acceptors (Lipinski definition) is 4. The van der Waals surface area contributed by atoms with Crippen LogP contribution in [0, 0.1) is 0 Å². The monoisotopic (exact) mass is 273 g/mol. The molecule has 0 spiro atoms. The molecule has 0 radical (unpaired) electrons. The second kappa shape index (κ2) is 5.25. The number of aliphatic hydroxyl groups is 1. The maximum absolute atomic E-state index is 9.99. The molecule has 2 atom stereocenters. The Bertz CT molecular complexity index is 592. The molecule has 5 nitrogen and oxygen atoms in total. The first-order valence-electron chi connectivity index (χ1n) is 6.93. The molecule has 1 N–H and O–H groups in total. The molecule has 106 valence electrons. The van der Waals surface area contributed by atoms with Gasteiger partial charge in [0.05, 0.1) is 25.5 Å². The molecule has 0 fully saturated rings. The van der Waals surface area contributed by atoms with Gasteiger partial charge in [0, 0.05) is 5.92 Å². The second-order valence-electron chi connectivity index (χ2n) is 5.36. The highest BCUT2D eigenvalue weighted by Crippen LogP contribution is 2.35. The molecule has 20 heavy (non-hydrogen) atoms. The van der Waals surface area contributed by atoms with Crippen molar-refractivity contribution in [1.29, 1.82) is 0 Å². The van der Waals surface area contributed by atoms with Crippen molar-refractivity contribution in [2.75, 3.05) is 7.11 Å². The zero-order valence-corrected chi connectivity index (χ0v) is 11.8. The van der Waals surface area contributed by atoms with Crippen molar-refractivity contribution >= 4 is 0 Å². The minimum absolute atomic E-state index is 0.390. The second-order valence-corrected chi connectivity index (χ2v) is 5.36. The molecule has 3 rings (SSSR count). The Morgan fingerprint density at radius 2 is 2.05 bits per heavy atom. The molecule has 2 aromatic rings. The van der Waals surface area contributed by atoms with Crippen LogP contribution in [0.1, 0.15) is 48.7 Å². The SMILES string of the molecule is COc1ccc(Cn2nnc3c2C(C)CCC3O)cc1. The maximum Gasteiger partial charge on any atom is 0.118 e. The Kier molecular flexibility index (Phi) is 3.44. The highest BCUT2D eigenvalue weighted by molar-refractivity contribution is 5.28. The van der Waals surface area contributed by atoms with Gasteiger partial charge in [0.1, 0.15) is 11.4 Å². The molecular weight excluding hydrogens is 254 g/mol. The van der Waals surface area contributed by atoms with Crippen LogP contribution in [-0.4, -0.2) is 27.2 Å². The Morgan fingerprint density at radius 1 is 1.30 bits per heavy atom. The van der Waals surface area contributed by atoms with Crippen molar-refractivity contribution in [2.45, 2.75) is 38.3 Å². The first-order valence-corrected chi connectivity index (χ1v) is 6.93. The van der Waals surface area contributed by atoms with E-state index in [9.17, 15) is 5.11 Å². The lowest BCUT2D eigenvalue weighted by Crippen LogP contribution is -2.16. The van der Waals surface area contributed by atoms with Crippen molar-refractivity contribution < 1.29 is 9.84 Å². The number of hydrogen-bond donors (Lipinski definition) is 1. The molecule has 0 saturated carbocycles. The molecule has 1 aromatic carbocycles. The predicted molar refractivity (Wildman–Crippen MR) is 74.7 cm³/mol. The fourth-order valence-electron chi connectivity index (χ4n) is 2.78. The number of ether oxygens (including phenoxy) is 1. The van der Waals surface area contributed by atoms with Crippen LogP contribution >= 0.6 is 0 Å². The fraction of sp³-hybridized carbons (Fsp3) is 0.467. The third-order valence-corrected chi connectivity index (χ3v) is 3.95. The summed E-state index contributed by atoms with van der Waals surface area (Å²) in [4.78, 5) is 0. The van der Waals surface area contributed by atoms with Crippen LogP contribution in [0.15, 0.2) is 24.3 Å². The van der Waals surface area contributed by atoms with Gasteiger partial charge in [-0.3, -0.25) is 0 Å². The minimum Gasteiger partial charge on any atom is -0.497 e. The first kappa shape index (κ1) is 13.1. The third kappa shape index (κ3) is 2.29. The van der Waals surface area contributed by atoms with Gasteiger partial charge in [0.2, 0.25) is 0 Å². The van der Waals surface area contributed by atoms with E-state index in [1.807, 2.05) is 28.9 Å². The summed E-state index contributed by atoms with van der Waals surface area (Å²) in [7, 11) is 1.66. The standard InChI is InChI=1S/C15H19N3O2/c1-10-3-8-13(19)14-15(10)18(17-16-14)9-11-4-6-12(20-2)7-5-11/h4-7,10,13,19H,3,8-9H2,1-2H3. The van der Waals surface area contributed by atoms with Crippen LogP contribution in [0.4, 0.5) is 0 Å². The smallest absolute Gasteiger partial charge is 0.118 e. The van der Waals surface area contributed by atoms with Crippen LogP contribution < -0.4 is 4.74 Å². The number of nitrogens with zero attached hydrogens (tertiary/aromatic N) is 3. The van der Waals surface area contributed by atoms with Gasteiger partial charge in [-0.05, 0) is 30.5 Å². The van der Waals surface area contributed by atoms with E-state index in [4.69, 9.17) is 4.74 Å². The maximum atomic E-state index is 9.99. The lowest BCUT2D eigenvalue weighted by molar-refractivity contribution is 0.146. The summed E-state index contributed by atoms with van der Waals surface area (Å²) < 4.78 is 7.07. The lowest BCUT2D eigenvalue weighted by atomic mass is 9.89. The van der Waals surface area contributed by atoms with Gasteiger partial charge in [-0.1, -0.05) is 24.3 Å². The molecule has 2 unspecified atom stereocenters. The predicted octanol–water partition coefficient (Wildman–Crippen LogP) is 2.27. The molecule has 0 amide bonds. The van der Waals surface area contributed by atoms with Crippen molar-refractivity contribution in [3.8, 4) is 5.75 Å². The summed E-state index contributed by atoms with van der Waals surface area (Å²) in [6.45, 7) is 2.84. The minimum atomic E-state index is -0.467. The first-order chi connectivity index (χ1) is 9.69. The molecule has 1 aromatic heterocycles. The number of aromatic nitrogens is 3. The van der Waals surface area contributed by atoms with E-state index in [1.54, 1.807) is 7.11 Å². The Morgan fingerprint density at radius 3 is 2.75 bits per heavy atom. The Balaban J connectivity index is 1.87. The Labute approximate surface area is 118 Å². The zero-order valence-electron chi connectivity index (χ0n) is 11.8. The van der Waals surface area contributed by atoms with E-state index in [0.29, 0.717) is 12.5 Å². The quantitative estimate of drug-likeness (QED) is 0.932. The molecule has 5 heteroatoms. The normalized spacial score (nSPS) is 21.6. The average Bonchev–Trinajstić information content (AvgIpc) is 2.89. The third-order valence-electron chi connectivity index (χ3n) is 3.95. The molecule has 0 aliphatic heterocycles. The van der Waals surface area contributed by atoms with E-state index in [1.165, 1.54) is 0 Å². The van der Waals surface area contributed by atoms with E-state index < -0.39 is 6.10 Å². The lowest BCUT2D eigenvalue weighted by Gasteiger charge is -2.22. The summed E-state index contributed by atoms with van der Waals surface area (Å²) >= 11 is 0. The van der Waals surface area contributed by atoms with Crippen molar-refractivity contribution in [3.05, 3.63) is 41.2 Å². The summed E-state index contributed by atoms with van der Waals surface area (Å²) in [5, 5.41) is 18.4. The van der Waals surface area contributed by atoms with E-state index >= 15 is 0 Å². The van der Waals surface area contributed by atoms with Crippen molar-refractivity contribution in [3.63, 3.8) is 0 Å². The van der Waals surface area contributed by atoms with Gasteiger partial charge in [-0.15, -0.1) is 5.10 Å². The summed E-state index contributed by atoms with van der Waals surface area (Å²) in [6, 6.07) is 7.93. The van der Waals surface area contributed by atoms with Gasteiger partial charge >= 0.3 is 0 Å². The van der Waals surface area contributed by atoms with Crippen LogP contribution in [0.3, 0.4) is 0 Å². The molecule has 0 saturated heterocycles. The summed E-state index contributed by atoms with van der Waals surface area (Å²) in [5.41, 5.74) is 2.96. The topological polar surface area (TPSA) is 60.2 Å². The van der Waals surface area contributed by atoms with Gasteiger partial charge < -0.3 is 9.84 Å². The van der Waals surface area contributed by atoms with E-state index in [2.05, 4.69) is 17.2 Å². The highest BCUT2D eigenvalue weighted by Gasteiger charge is 2.29. The average molecular weight is 273 g/mol. The van der Waals surface area contributed by atoms with Gasteiger partial charge in [0.15, 0.2) is 0 Å². The molecule has 1 aliphatic carbocycles. The highest BCUT2D eigenvalue weighted by atomic mass is 16.5.